The van der Waals surface area contributed by atoms with Gasteiger partial charge in [0.1, 0.15) is 11.5 Å². The highest BCUT2D eigenvalue weighted by molar-refractivity contribution is 5.40. The summed E-state index contributed by atoms with van der Waals surface area (Å²) < 4.78 is 6.03. The summed E-state index contributed by atoms with van der Waals surface area (Å²) in [5.41, 5.74) is 8.07. The molecule has 2 aromatic carbocycles. The van der Waals surface area contributed by atoms with E-state index in [0.29, 0.717) is 12.5 Å². The second-order valence-electron chi connectivity index (χ2n) is 5.13. The zero-order chi connectivity index (χ0) is 14.4. The van der Waals surface area contributed by atoms with Crippen LogP contribution in [0.3, 0.4) is 0 Å². The van der Waals surface area contributed by atoms with Crippen molar-refractivity contribution < 1.29 is 4.74 Å². The molecule has 2 aromatic rings. The predicted octanol–water partition coefficient (Wildman–Crippen LogP) is 4.49. The van der Waals surface area contributed by atoms with Gasteiger partial charge < -0.3 is 10.5 Å². The van der Waals surface area contributed by atoms with Crippen LogP contribution in [-0.2, 0) is 6.42 Å². The minimum Gasteiger partial charge on any atom is -0.457 e. The van der Waals surface area contributed by atoms with Gasteiger partial charge in [-0.1, -0.05) is 44.2 Å². The van der Waals surface area contributed by atoms with E-state index < -0.39 is 0 Å². The molecule has 0 aliphatic heterocycles. The summed E-state index contributed by atoms with van der Waals surface area (Å²) in [5, 5.41) is 0. The number of rotatable bonds is 6. The number of ether oxygens (including phenoxy) is 1. The summed E-state index contributed by atoms with van der Waals surface area (Å²) in [4.78, 5) is 0. The predicted molar refractivity (Wildman–Crippen MR) is 84.4 cm³/mol. The van der Waals surface area contributed by atoms with E-state index in [9.17, 15) is 0 Å². The minimum atomic E-state index is 0.503. The lowest BCUT2D eigenvalue weighted by Gasteiger charge is -2.15. The summed E-state index contributed by atoms with van der Waals surface area (Å²) in [6, 6.07) is 16.4. The molecule has 0 aliphatic carbocycles. The Morgan fingerprint density at radius 1 is 1.05 bits per heavy atom. The fraction of sp³-hybridized carbons (Fsp3) is 0.333. The third-order valence-corrected chi connectivity index (χ3v) is 3.65. The molecule has 0 aliphatic rings. The molecule has 0 fully saturated rings. The van der Waals surface area contributed by atoms with Gasteiger partial charge in [0.25, 0.3) is 0 Å². The third kappa shape index (κ3) is 3.61. The molecule has 0 saturated heterocycles. The summed E-state index contributed by atoms with van der Waals surface area (Å²) in [6.45, 7) is 5.10. The van der Waals surface area contributed by atoms with Crippen molar-refractivity contribution in [2.75, 3.05) is 6.54 Å². The highest BCUT2D eigenvalue weighted by Gasteiger charge is 2.10. The Kier molecular flexibility index (Phi) is 5.19. The largest absolute Gasteiger partial charge is 0.457 e. The first-order chi connectivity index (χ1) is 9.74. The zero-order valence-electron chi connectivity index (χ0n) is 12.3. The van der Waals surface area contributed by atoms with Crippen molar-refractivity contribution in [1.82, 2.24) is 0 Å². The van der Waals surface area contributed by atoms with Crippen molar-refractivity contribution >= 4 is 0 Å². The Labute approximate surface area is 121 Å². The quantitative estimate of drug-likeness (QED) is 0.838. The van der Waals surface area contributed by atoms with Gasteiger partial charge in [0.15, 0.2) is 0 Å². The Hall–Kier alpha value is -1.80. The summed E-state index contributed by atoms with van der Waals surface area (Å²) in [5.74, 6) is 2.33. The molecule has 2 rings (SSSR count). The maximum atomic E-state index is 6.03. The lowest BCUT2D eigenvalue weighted by Crippen LogP contribution is -2.02. The number of nitrogens with two attached hydrogens (primary N) is 1. The molecule has 106 valence electrons. The zero-order valence-corrected chi connectivity index (χ0v) is 12.3. The molecule has 0 amide bonds. The molecular weight excluding hydrogens is 246 g/mol. The van der Waals surface area contributed by atoms with Crippen LogP contribution in [0.4, 0.5) is 0 Å². The van der Waals surface area contributed by atoms with Gasteiger partial charge >= 0.3 is 0 Å². The Morgan fingerprint density at radius 2 is 1.75 bits per heavy atom. The lowest BCUT2D eigenvalue weighted by molar-refractivity contribution is 0.470. The first kappa shape index (κ1) is 14.6. The van der Waals surface area contributed by atoms with Gasteiger partial charge in [-0.3, -0.25) is 0 Å². The molecule has 20 heavy (non-hydrogen) atoms. The fourth-order valence-corrected chi connectivity index (χ4v) is 2.22. The molecule has 1 atom stereocenters. The van der Waals surface area contributed by atoms with Gasteiger partial charge in [-0.15, -0.1) is 0 Å². The average molecular weight is 269 g/mol. The van der Waals surface area contributed by atoms with E-state index in [0.717, 1.165) is 24.3 Å². The Balaban J connectivity index is 2.17. The van der Waals surface area contributed by atoms with E-state index >= 15 is 0 Å². The monoisotopic (exact) mass is 269 g/mol. The van der Waals surface area contributed by atoms with Crippen LogP contribution in [0.2, 0.25) is 0 Å². The fourth-order valence-electron chi connectivity index (χ4n) is 2.22. The van der Waals surface area contributed by atoms with Gasteiger partial charge in [0, 0.05) is 0 Å². The van der Waals surface area contributed by atoms with E-state index in [1.165, 1.54) is 11.1 Å². The second-order valence-corrected chi connectivity index (χ2v) is 5.13. The van der Waals surface area contributed by atoms with Crippen LogP contribution in [-0.4, -0.2) is 6.54 Å². The molecule has 0 spiro atoms. The van der Waals surface area contributed by atoms with Crippen LogP contribution in [0, 0.1) is 0 Å². The molecule has 0 radical (unpaired) electrons. The maximum absolute atomic E-state index is 6.03. The van der Waals surface area contributed by atoms with Gasteiger partial charge in [-0.2, -0.15) is 0 Å². The number of hydrogen-bond acceptors (Lipinski definition) is 2. The Morgan fingerprint density at radius 3 is 2.40 bits per heavy atom. The van der Waals surface area contributed by atoms with E-state index in [1.54, 1.807) is 0 Å². The standard InChI is InChI=1S/C18H23NO/c1-3-14(2)17-6-4-5-7-18(17)20-16-10-8-15(9-11-16)12-13-19/h4-11,14H,3,12-13,19H2,1-2H3. The molecule has 1 unspecified atom stereocenters. The average Bonchev–Trinajstić information content (AvgIpc) is 2.49. The normalized spacial score (nSPS) is 12.2. The summed E-state index contributed by atoms with van der Waals surface area (Å²) in [6.07, 6.45) is 2.01. The van der Waals surface area contributed by atoms with Gasteiger partial charge in [-0.25, -0.2) is 0 Å². The van der Waals surface area contributed by atoms with Crippen molar-refractivity contribution in [1.29, 1.82) is 0 Å². The first-order valence-electron chi connectivity index (χ1n) is 7.30. The highest BCUT2D eigenvalue weighted by Crippen LogP contribution is 2.31. The SMILES string of the molecule is CCC(C)c1ccccc1Oc1ccc(CCN)cc1. The van der Waals surface area contributed by atoms with Gasteiger partial charge in [-0.05, 0) is 54.6 Å². The lowest BCUT2D eigenvalue weighted by atomic mass is 9.98. The minimum absolute atomic E-state index is 0.503. The number of para-hydroxylation sites is 1. The third-order valence-electron chi connectivity index (χ3n) is 3.65. The van der Waals surface area contributed by atoms with E-state index in [2.05, 4.69) is 38.1 Å². The molecule has 2 nitrogen and oxygen atoms in total. The van der Waals surface area contributed by atoms with E-state index in [4.69, 9.17) is 10.5 Å². The van der Waals surface area contributed by atoms with Crippen molar-refractivity contribution in [3.63, 3.8) is 0 Å². The second kappa shape index (κ2) is 7.11. The van der Waals surface area contributed by atoms with E-state index in [1.807, 2.05) is 24.3 Å². The van der Waals surface area contributed by atoms with Crippen molar-refractivity contribution in [3.05, 3.63) is 59.7 Å². The van der Waals surface area contributed by atoms with Crippen LogP contribution < -0.4 is 10.5 Å². The summed E-state index contributed by atoms with van der Waals surface area (Å²) >= 11 is 0. The topological polar surface area (TPSA) is 35.2 Å². The molecular formula is C18H23NO. The molecule has 2 N–H and O–H groups in total. The number of benzene rings is 2. The molecule has 2 heteroatoms. The molecule has 0 saturated carbocycles. The van der Waals surface area contributed by atoms with Gasteiger partial charge in [0.05, 0.1) is 0 Å². The van der Waals surface area contributed by atoms with Crippen molar-refractivity contribution in [2.24, 2.45) is 5.73 Å². The van der Waals surface area contributed by atoms with E-state index in [-0.39, 0.29) is 0 Å². The summed E-state index contributed by atoms with van der Waals surface area (Å²) in [7, 11) is 0. The molecule has 0 bridgehead atoms. The molecule has 0 aromatic heterocycles. The highest BCUT2D eigenvalue weighted by atomic mass is 16.5. The first-order valence-corrected chi connectivity index (χ1v) is 7.30. The van der Waals surface area contributed by atoms with Crippen LogP contribution >= 0.6 is 0 Å². The maximum Gasteiger partial charge on any atom is 0.130 e. The van der Waals surface area contributed by atoms with Crippen molar-refractivity contribution in [3.8, 4) is 11.5 Å². The number of hydrogen-bond donors (Lipinski definition) is 1. The van der Waals surface area contributed by atoms with Gasteiger partial charge in [0.2, 0.25) is 0 Å². The van der Waals surface area contributed by atoms with Crippen LogP contribution in [0.5, 0.6) is 11.5 Å². The molecule has 0 heterocycles. The van der Waals surface area contributed by atoms with Crippen LogP contribution in [0.1, 0.15) is 37.3 Å². The Bertz CT molecular complexity index is 533. The smallest absolute Gasteiger partial charge is 0.130 e. The van der Waals surface area contributed by atoms with Crippen molar-refractivity contribution in [2.45, 2.75) is 32.6 Å². The van der Waals surface area contributed by atoms with Crippen LogP contribution in [0.15, 0.2) is 48.5 Å². The van der Waals surface area contributed by atoms with Crippen LogP contribution in [0.25, 0.3) is 0 Å².